The molecule has 0 spiro atoms. The Morgan fingerprint density at radius 2 is 1.94 bits per heavy atom. The number of imide groups is 1. The summed E-state index contributed by atoms with van der Waals surface area (Å²) < 4.78 is 19.2. The number of carbonyl (C=O) groups is 3. The molecule has 2 heterocycles. The lowest BCUT2D eigenvalue weighted by Crippen LogP contribution is -2.27. The summed E-state index contributed by atoms with van der Waals surface area (Å²) in [6.07, 6.45) is 3.11. The van der Waals surface area contributed by atoms with E-state index in [4.69, 9.17) is 4.42 Å². The van der Waals surface area contributed by atoms with Crippen LogP contribution in [0.5, 0.6) is 0 Å². The summed E-state index contributed by atoms with van der Waals surface area (Å²) in [6.45, 7) is 0.190. The molecule has 0 bridgehead atoms. The van der Waals surface area contributed by atoms with Crippen LogP contribution in [-0.2, 0) is 17.9 Å². The van der Waals surface area contributed by atoms with Gasteiger partial charge in [-0.2, -0.15) is 0 Å². The van der Waals surface area contributed by atoms with Gasteiger partial charge in [0.1, 0.15) is 11.6 Å². The second kappa shape index (κ2) is 9.23. The van der Waals surface area contributed by atoms with Gasteiger partial charge in [-0.15, -0.1) is 0 Å². The maximum absolute atomic E-state index is 13.9. The Hall–Kier alpha value is -3.65. The predicted octanol–water partition coefficient (Wildman–Crippen LogP) is 4.93. The maximum atomic E-state index is 13.9. The van der Waals surface area contributed by atoms with Gasteiger partial charge in [0.15, 0.2) is 0 Å². The summed E-state index contributed by atoms with van der Waals surface area (Å²) in [6, 6.07) is 16.4. The van der Waals surface area contributed by atoms with E-state index in [9.17, 15) is 18.8 Å². The van der Waals surface area contributed by atoms with Gasteiger partial charge < -0.3 is 9.32 Å². The van der Waals surface area contributed by atoms with E-state index in [2.05, 4.69) is 0 Å². The number of benzene rings is 2. The molecule has 3 aromatic rings. The third-order valence-electron chi connectivity index (χ3n) is 4.91. The number of halogens is 1. The molecule has 1 aliphatic rings. The monoisotopic (exact) mass is 450 g/mol. The zero-order chi connectivity index (χ0) is 22.7. The van der Waals surface area contributed by atoms with Crippen molar-refractivity contribution < 1.29 is 23.2 Å². The fourth-order valence-electron chi connectivity index (χ4n) is 3.27. The van der Waals surface area contributed by atoms with Gasteiger partial charge in [0.2, 0.25) is 0 Å². The van der Waals surface area contributed by atoms with Crippen molar-refractivity contribution in [1.29, 1.82) is 0 Å². The Kier molecular flexibility index (Phi) is 6.23. The van der Waals surface area contributed by atoms with Crippen molar-refractivity contribution in [2.45, 2.75) is 13.1 Å². The Morgan fingerprint density at radius 1 is 1.12 bits per heavy atom. The number of hydrogen-bond donors (Lipinski definition) is 0. The molecular weight excluding hydrogens is 431 g/mol. The third-order valence-corrected chi connectivity index (χ3v) is 5.82. The molecular formula is C24H19FN2O4S. The van der Waals surface area contributed by atoms with Crippen LogP contribution >= 0.6 is 11.8 Å². The SMILES string of the molecule is CN(Cc1ccco1)C(=O)c1cccc(/C=C2\SC(=O)N(Cc3ccccc3F)C2=O)c1. The second-order valence-corrected chi connectivity index (χ2v) is 8.22. The van der Waals surface area contributed by atoms with E-state index in [-0.39, 0.29) is 22.9 Å². The first-order chi connectivity index (χ1) is 15.4. The van der Waals surface area contributed by atoms with Crippen LogP contribution in [0.3, 0.4) is 0 Å². The second-order valence-electron chi connectivity index (χ2n) is 7.23. The lowest BCUT2D eigenvalue weighted by Gasteiger charge is -2.16. The van der Waals surface area contributed by atoms with E-state index < -0.39 is 17.0 Å². The van der Waals surface area contributed by atoms with Crippen LogP contribution < -0.4 is 0 Å². The van der Waals surface area contributed by atoms with Gasteiger partial charge in [-0.25, -0.2) is 4.39 Å². The maximum Gasteiger partial charge on any atom is 0.293 e. The fourth-order valence-corrected chi connectivity index (χ4v) is 4.11. The summed E-state index contributed by atoms with van der Waals surface area (Å²) in [5.74, 6) is -0.500. The topological polar surface area (TPSA) is 70.8 Å². The van der Waals surface area contributed by atoms with Crippen molar-refractivity contribution in [2.24, 2.45) is 0 Å². The van der Waals surface area contributed by atoms with Crippen LogP contribution in [0.25, 0.3) is 6.08 Å². The van der Waals surface area contributed by atoms with Gasteiger partial charge >= 0.3 is 0 Å². The number of nitrogens with zero attached hydrogens (tertiary/aromatic N) is 2. The van der Waals surface area contributed by atoms with Crippen molar-refractivity contribution in [3.05, 3.63) is 100 Å². The minimum atomic E-state index is -0.491. The Balaban J connectivity index is 1.50. The van der Waals surface area contributed by atoms with E-state index in [1.807, 2.05) is 0 Å². The molecule has 0 atom stereocenters. The average molecular weight is 450 g/mol. The summed E-state index contributed by atoms with van der Waals surface area (Å²) in [7, 11) is 1.67. The molecule has 0 saturated carbocycles. The van der Waals surface area contributed by atoms with Crippen molar-refractivity contribution in [1.82, 2.24) is 9.80 Å². The molecule has 32 heavy (non-hydrogen) atoms. The quantitative estimate of drug-likeness (QED) is 0.498. The Labute approximate surface area is 188 Å². The van der Waals surface area contributed by atoms with E-state index in [0.29, 0.717) is 23.4 Å². The van der Waals surface area contributed by atoms with Gasteiger partial charge in [0.05, 0.1) is 24.3 Å². The molecule has 1 aliphatic heterocycles. The van der Waals surface area contributed by atoms with Crippen LogP contribution in [0.4, 0.5) is 9.18 Å². The van der Waals surface area contributed by atoms with E-state index in [1.54, 1.807) is 67.9 Å². The number of thioether (sulfide) groups is 1. The first kappa shape index (κ1) is 21.6. The highest BCUT2D eigenvalue weighted by Gasteiger charge is 2.35. The molecule has 0 N–H and O–H groups in total. The van der Waals surface area contributed by atoms with E-state index in [0.717, 1.165) is 16.7 Å². The van der Waals surface area contributed by atoms with Crippen LogP contribution in [0.1, 0.15) is 27.2 Å². The minimum absolute atomic E-state index is 0.134. The lowest BCUT2D eigenvalue weighted by atomic mass is 10.1. The van der Waals surface area contributed by atoms with Gasteiger partial charge in [-0.05, 0) is 53.7 Å². The Bertz CT molecular complexity index is 1210. The lowest BCUT2D eigenvalue weighted by molar-refractivity contribution is -0.123. The number of carbonyl (C=O) groups excluding carboxylic acids is 3. The molecule has 0 radical (unpaired) electrons. The first-order valence-corrected chi connectivity index (χ1v) is 10.6. The highest BCUT2D eigenvalue weighted by atomic mass is 32.2. The van der Waals surface area contributed by atoms with Crippen LogP contribution in [0, 0.1) is 5.82 Å². The van der Waals surface area contributed by atoms with Crippen LogP contribution in [-0.4, -0.2) is 33.9 Å². The third kappa shape index (κ3) is 4.65. The zero-order valence-electron chi connectivity index (χ0n) is 17.2. The van der Waals surface area contributed by atoms with Crippen LogP contribution in [0.15, 0.2) is 76.2 Å². The largest absolute Gasteiger partial charge is 0.467 e. The molecule has 3 amide bonds. The molecule has 0 unspecified atom stereocenters. The molecule has 162 valence electrons. The summed E-state index contributed by atoms with van der Waals surface area (Å²) in [5, 5.41) is -0.463. The van der Waals surface area contributed by atoms with Crippen molar-refractivity contribution in [3.8, 4) is 0 Å². The molecule has 4 rings (SSSR count). The summed E-state index contributed by atoms with van der Waals surface area (Å²) in [5.41, 5.74) is 1.32. The highest BCUT2D eigenvalue weighted by molar-refractivity contribution is 8.18. The fraction of sp³-hybridized carbons (Fsp3) is 0.125. The van der Waals surface area contributed by atoms with Crippen molar-refractivity contribution in [3.63, 3.8) is 0 Å². The van der Waals surface area contributed by atoms with Gasteiger partial charge in [0.25, 0.3) is 17.1 Å². The number of rotatable bonds is 6. The molecule has 1 fully saturated rings. The normalized spacial score (nSPS) is 14.9. The zero-order valence-corrected chi connectivity index (χ0v) is 18.0. The molecule has 0 aliphatic carbocycles. The smallest absolute Gasteiger partial charge is 0.293 e. The average Bonchev–Trinajstić information content (AvgIpc) is 3.38. The van der Waals surface area contributed by atoms with Gasteiger partial charge in [-0.1, -0.05) is 30.3 Å². The first-order valence-electron chi connectivity index (χ1n) is 9.79. The number of amides is 3. The van der Waals surface area contributed by atoms with Gasteiger partial charge in [0, 0.05) is 18.2 Å². The standard InChI is InChI=1S/C24H19FN2O4S/c1-26(15-19-9-5-11-31-19)22(28)17-8-4-6-16(12-17)13-21-23(29)27(24(30)32-21)14-18-7-2-3-10-20(18)25/h2-13H,14-15H2,1H3/b21-13-. The number of hydrogen-bond acceptors (Lipinski definition) is 5. The Morgan fingerprint density at radius 3 is 2.69 bits per heavy atom. The molecule has 6 nitrogen and oxygen atoms in total. The molecule has 8 heteroatoms. The molecule has 1 saturated heterocycles. The summed E-state index contributed by atoms with van der Waals surface area (Å²) in [4.78, 5) is 40.6. The molecule has 1 aromatic heterocycles. The van der Waals surface area contributed by atoms with E-state index >= 15 is 0 Å². The molecule has 2 aromatic carbocycles. The van der Waals surface area contributed by atoms with Crippen LogP contribution in [0.2, 0.25) is 0 Å². The van der Waals surface area contributed by atoms with Crippen molar-refractivity contribution in [2.75, 3.05) is 7.05 Å². The summed E-state index contributed by atoms with van der Waals surface area (Å²) >= 11 is 0.793. The number of furan rings is 1. The van der Waals surface area contributed by atoms with Crippen molar-refractivity contribution >= 4 is 34.9 Å². The minimum Gasteiger partial charge on any atom is -0.467 e. The predicted molar refractivity (Wildman–Crippen MR) is 119 cm³/mol. The van der Waals surface area contributed by atoms with E-state index in [1.165, 1.54) is 17.0 Å². The van der Waals surface area contributed by atoms with Gasteiger partial charge in [-0.3, -0.25) is 19.3 Å². The highest BCUT2D eigenvalue weighted by Crippen LogP contribution is 2.33.